The summed E-state index contributed by atoms with van der Waals surface area (Å²) in [5.41, 5.74) is 0.336. The van der Waals surface area contributed by atoms with Gasteiger partial charge in [0.2, 0.25) is 0 Å². The second-order valence-corrected chi connectivity index (χ2v) is 6.28. The Morgan fingerprint density at radius 3 is 2.30 bits per heavy atom. The fourth-order valence-corrected chi connectivity index (χ4v) is 2.39. The maximum Gasteiger partial charge on any atom is 0.344 e. The van der Waals surface area contributed by atoms with E-state index in [9.17, 15) is 9.59 Å². The van der Waals surface area contributed by atoms with Crippen LogP contribution in [0.1, 0.15) is 13.8 Å². The Labute approximate surface area is 167 Å². The summed E-state index contributed by atoms with van der Waals surface area (Å²) < 4.78 is 15.7. The third-order valence-corrected chi connectivity index (χ3v) is 3.92. The van der Waals surface area contributed by atoms with Gasteiger partial charge in [-0.1, -0.05) is 23.2 Å². The van der Waals surface area contributed by atoms with Crippen LogP contribution in [0.15, 0.2) is 42.5 Å². The highest BCUT2D eigenvalue weighted by molar-refractivity contribution is 6.35. The van der Waals surface area contributed by atoms with E-state index < -0.39 is 18.0 Å². The number of ether oxygens (including phenoxy) is 3. The van der Waals surface area contributed by atoms with Gasteiger partial charge in [0.05, 0.1) is 17.3 Å². The van der Waals surface area contributed by atoms with E-state index in [0.29, 0.717) is 33.8 Å². The predicted molar refractivity (Wildman–Crippen MR) is 104 cm³/mol. The van der Waals surface area contributed by atoms with Crippen molar-refractivity contribution in [1.82, 2.24) is 0 Å². The number of amides is 1. The molecule has 1 amide bonds. The van der Waals surface area contributed by atoms with Crippen LogP contribution in [0.5, 0.6) is 11.5 Å². The molecule has 0 aliphatic carbocycles. The van der Waals surface area contributed by atoms with Crippen molar-refractivity contribution in [2.75, 3.05) is 18.5 Å². The zero-order valence-electron chi connectivity index (χ0n) is 14.8. The summed E-state index contributed by atoms with van der Waals surface area (Å²) in [7, 11) is 0. The molecular weight excluding hydrogens is 393 g/mol. The van der Waals surface area contributed by atoms with Crippen molar-refractivity contribution in [3.8, 4) is 11.5 Å². The number of benzene rings is 2. The molecule has 0 bridgehead atoms. The molecule has 0 radical (unpaired) electrons. The van der Waals surface area contributed by atoms with Gasteiger partial charge < -0.3 is 19.5 Å². The van der Waals surface area contributed by atoms with E-state index >= 15 is 0 Å². The van der Waals surface area contributed by atoms with E-state index in [0.717, 1.165) is 0 Å². The Hall–Kier alpha value is -2.44. The molecule has 2 rings (SSSR count). The minimum atomic E-state index is -1.03. The third kappa shape index (κ3) is 6.66. The zero-order chi connectivity index (χ0) is 19.8. The lowest BCUT2D eigenvalue weighted by Gasteiger charge is -2.15. The molecule has 0 aliphatic rings. The quantitative estimate of drug-likeness (QED) is 0.653. The summed E-state index contributed by atoms with van der Waals surface area (Å²) >= 11 is 11.9. The summed E-state index contributed by atoms with van der Waals surface area (Å²) in [5.74, 6) is -0.0204. The van der Waals surface area contributed by atoms with Crippen LogP contribution in [-0.4, -0.2) is 31.2 Å². The lowest BCUT2D eigenvalue weighted by atomic mass is 10.3. The minimum absolute atomic E-state index is 0.324. The number of hydrogen-bond acceptors (Lipinski definition) is 5. The Bertz CT molecular complexity index is 795. The predicted octanol–water partition coefficient (Wildman–Crippen LogP) is 4.34. The van der Waals surface area contributed by atoms with Crippen molar-refractivity contribution in [2.24, 2.45) is 0 Å². The normalized spacial score (nSPS) is 11.4. The van der Waals surface area contributed by atoms with E-state index in [2.05, 4.69) is 5.32 Å². The summed E-state index contributed by atoms with van der Waals surface area (Å²) in [6, 6.07) is 11.5. The zero-order valence-corrected chi connectivity index (χ0v) is 16.3. The van der Waals surface area contributed by atoms with Crippen molar-refractivity contribution in [1.29, 1.82) is 0 Å². The molecule has 0 saturated heterocycles. The van der Waals surface area contributed by atoms with Crippen molar-refractivity contribution in [3.63, 3.8) is 0 Å². The number of halogens is 2. The molecule has 144 valence electrons. The molecule has 0 aliphatic heterocycles. The van der Waals surface area contributed by atoms with Crippen LogP contribution in [0, 0.1) is 0 Å². The molecule has 27 heavy (non-hydrogen) atoms. The number of rotatable bonds is 8. The molecule has 1 atom stereocenters. The van der Waals surface area contributed by atoms with Gasteiger partial charge in [0.15, 0.2) is 12.7 Å². The topological polar surface area (TPSA) is 73.9 Å². The standard InChI is InChI=1S/C19H19Cl2NO5/c1-3-25-14-5-7-15(8-6-14)26-11-18(23)27-12(2)19(24)22-17-10-13(20)4-9-16(17)21/h4-10,12H,3,11H2,1-2H3,(H,22,24)/t12-/m0/s1. The smallest absolute Gasteiger partial charge is 0.344 e. The van der Waals surface area contributed by atoms with Gasteiger partial charge in [-0.15, -0.1) is 0 Å². The summed E-state index contributed by atoms with van der Waals surface area (Å²) in [4.78, 5) is 24.0. The van der Waals surface area contributed by atoms with Crippen LogP contribution >= 0.6 is 23.2 Å². The van der Waals surface area contributed by atoms with Crippen LogP contribution in [0.3, 0.4) is 0 Å². The number of nitrogens with one attached hydrogen (secondary N) is 1. The number of hydrogen-bond donors (Lipinski definition) is 1. The largest absolute Gasteiger partial charge is 0.494 e. The van der Waals surface area contributed by atoms with Gasteiger partial charge in [-0.3, -0.25) is 4.79 Å². The number of anilines is 1. The van der Waals surface area contributed by atoms with Crippen LogP contribution < -0.4 is 14.8 Å². The number of carbonyl (C=O) groups excluding carboxylic acids is 2. The first-order valence-electron chi connectivity index (χ1n) is 8.20. The SMILES string of the molecule is CCOc1ccc(OCC(=O)O[C@@H](C)C(=O)Nc2cc(Cl)ccc2Cl)cc1. The van der Waals surface area contributed by atoms with Gasteiger partial charge in [0.25, 0.3) is 5.91 Å². The van der Waals surface area contributed by atoms with Gasteiger partial charge in [-0.25, -0.2) is 4.79 Å². The van der Waals surface area contributed by atoms with Crippen LogP contribution in [0.4, 0.5) is 5.69 Å². The van der Waals surface area contributed by atoms with Crippen molar-refractivity contribution in [3.05, 3.63) is 52.5 Å². The lowest BCUT2D eigenvalue weighted by molar-refractivity contribution is -0.155. The monoisotopic (exact) mass is 411 g/mol. The van der Waals surface area contributed by atoms with Crippen LogP contribution in [0.2, 0.25) is 10.0 Å². The molecule has 0 spiro atoms. The first kappa shape index (κ1) is 20.9. The van der Waals surface area contributed by atoms with Crippen LogP contribution in [-0.2, 0) is 14.3 Å². The maximum atomic E-state index is 12.1. The number of esters is 1. The number of carbonyl (C=O) groups is 2. The summed E-state index contributed by atoms with van der Waals surface area (Å²) in [5, 5.41) is 3.30. The van der Waals surface area contributed by atoms with Gasteiger partial charge in [0, 0.05) is 5.02 Å². The second kappa shape index (κ2) is 10.0. The summed E-state index contributed by atoms with van der Waals surface area (Å²) in [6.45, 7) is 3.57. The Morgan fingerprint density at radius 1 is 1.04 bits per heavy atom. The highest BCUT2D eigenvalue weighted by Crippen LogP contribution is 2.25. The lowest BCUT2D eigenvalue weighted by Crippen LogP contribution is -2.31. The molecule has 1 N–H and O–H groups in total. The molecule has 2 aromatic carbocycles. The van der Waals surface area contributed by atoms with E-state index in [4.69, 9.17) is 37.4 Å². The van der Waals surface area contributed by atoms with Crippen molar-refractivity contribution in [2.45, 2.75) is 20.0 Å². The Balaban J connectivity index is 1.82. The fourth-order valence-electron chi connectivity index (χ4n) is 2.05. The highest BCUT2D eigenvalue weighted by Gasteiger charge is 2.19. The molecule has 0 heterocycles. The van der Waals surface area contributed by atoms with Crippen molar-refractivity contribution < 1.29 is 23.8 Å². The minimum Gasteiger partial charge on any atom is -0.494 e. The van der Waals surface area contributed by atoms with Gasteiger partial charge in [-0.2, -0.15) is 0 Å². The molecule has 8 heteroatoms. The summed E-state index contributed by atoms with van der Waals surface area (Å²) in [6.07, 6.45) is -1.03. The van der Waals surface area contributed by atoms with E-state index in [-0.39, 0.29) is 6.61 Å². The molecule has 0 saturated carbocycles. The Morgan fingerprint density at radius 2 is 1.67 bits per heavy atom. The van der Waals surface area contributed by atoms with Crippen LogP contribution in [0.25, 0.3) is 0 Å². The van der Waals surface area contributed by atoms with E-state index in [1.807, 2.05) is 6.92 Å². The third-order valence-electron chi connectivity index (χ3n) is 3.36. The van der Waals surface area contributed by atoms with Crippen molar-refractivity contribution >= 4 is 40.8 Å². The Kier molecular flexibility index (Phi) is 7.76. The highest BCUT2D eigenvalue weighted by atomic mass is 35.5. The van der Waals surface area contributed by atoms with E-state index in [1.165, 1.54) is 13.0 Å². The van der Waals surface area contributed by atoms with E-state index in [1.54, 1.807) is 36.4 Å². The maximum absolute atomic E-state index is 12.1. The molecule has 2 aromatic rings. The first-order valence-corrected chi connectivity index (χ1v) is 8.95. The van der Waals surface area contributed by atoms with Gasteiger partial charge in [0.1, 0.15) is 11.5 Å². The van der Waals surface area contributed by atoms with Gasteiger partial charge in [-0.05, 0) is 56.3 Å². The molecule has 0 fully saturated rings. The average Bonchev–Trinajstić information content (AvgIpc) is 2.64. The molecule has 6 nitrogen and oxygen atoms in total. The second-order valence-electron chi connectivity index (χ2n) is 5.44. The molecule has 0 aromatic heterocycles. The average molecular weight is 412 g/mol. The molecular formula is C19H19Cl2NO5. The first-order chi connectivity index (χ1) is 12.9. The fraction of sp³-hybridized carbons (Fsp3) is 0.263. The van der Waals surface area contributed by atoms with Gasteiger partial charge >= 0.3 is 5.97 Å². The molecule has 0 unspecified atom stereocenters.